The largest absolute Gasteiger partial charge is 0.343 e. The van der Waals surface area contributed by atoms with Crippen molar-refractivity contribution in [3.63, 3.8) is 0 Å². The molecule has 102 valence electrons. The minimum atomic E-state index is -0.597. The van der Waals surface area contributed by atoms with Gasteiger partial charge in [-0.25, -0.2) is 5.06 Å². The van der Waals surface area contributed by atoms with Crippen LogP contribution >= 0.6 is 0 Å². The van der Waals surface area contributed by atoms with E-state index < -0.39 is 16.7 Å². The average Bonchev–Trinajstić information content (AvgIpc) is 2.43. The Morgan fingerprint density at radius 1 is 1.47 bits per heavy atom. The van der Waals surface area contributed by atoms with Crippen LogP contribution in [0.5, 0.6) is 0 Å². The first kappa shape index (κ1) is 14.6. The van der Waals surface area contributed by atoms with Gasteiger partial charge in [-0.3, -0.25) is 24.5 Å². The fourth-order valence-corrected chi connectivity index (χ4v) is 1.23. The van der Waals surface area contributed by atoms with Crippen LogP contribution < -0.4 is 5.32 Å². The highest BCUT2D eigenvalue weighted by molar-refractivity contribution is 5.96. The van der Waals surface area contributed by atoms with E-state index in [9.17, 15) is 19.7 Å². The van der Waals surface area contributed by atoms with E-state index in [1.165, 1.54) is 32.4 Å². The molecule has 0 atom stereocenters. The van der Waals surface area contributed by atoms with E-state index in [-0.39, 0.29) is 17.8 Å². The summed E-state index contributed by atoms with van der Waals surface area (Å²) in [5, 5.41) is 13.9. The Hall–Kier alpha value is -2.48. The SMILES string of the molecule is CON(C)C(=O)CNC(=O)c1cccc([N+](=O)[O-])c1. The van der Waals surface area contributed by atoms with Crippen molar-refractivity contribution in [2.75, 3.05) is 20.7 Å². The minimum absolute atomic E-state index is 0.113. The number of nitrogens with zero attached hydrogens (tertiary/aromatic N) is 2. The monoisotopic (exact) mass is 267 g/mol. The van der Waals surface area contributed by atoms with Crippen molar-refractivity contribution in [1.29, 1.82) is 0 Å². The van der Waals surface area contributed by atoms with Crippen molar-refractivity contribution in [2.24, 2.45) is 0 Å². The number of nitrogens with one attached hydrogen (secondary N) is 1. The highest BCUT2D eigenvalue weighted by atomic mass is 16.7. The van der Waals surface area contributed by atoms with E-state index in [4.69, 9.17) is 0 Å². The molecule has 1 rings (SSSR count). The number of carbonyl (C=O) groups is 2. The second kappa shape index (κ2) is 6.45. The van der Waals surface area contributed by atoms with Crippen molar-refractivity contribution in [3.05, 3.63) is 39.9 Å². The number of hydrogen-bond acceptors (Lipinski definition) is 5. The molecule has 0 saturated heterocycles. The van der Waals surface area contributed by atoms with Gasteiger partial charge in [0.25, 0.3) is 17.5 Å². The van der Waals surface area contributed by atoms with Gasteiger partial charge in [0.2, 0.25) is 0 Å². The van der Waals surface area contributed by atoms with Gasteiger partial charge in [0.15, 0.2) is 0 Å². The molecule has 0 unspecified atom stereocenters. The van der Waals surface area contributed by atoms with Gasteiger partial charge in [0, 0.05) is 24.7 Å². The zero-order chi connectivity index (χ0) is 14.4. The Balaban J connectivity index is 2.66. The summed E-state index contributed by atoms with van der Waals surface area (Å²) in [6, 6.07) is 5.24. The van der Waals surface area contributed by atoms with Crippen LogP contribution in [0.15, 0.2) is 24.3 Å². The van der Waals surface area contributed by atoms with Gasteiger partial charge in [-0.05, 0) is 6.07 Å². The summed E-state index contributed by atoms with van der Waals surface area (Å²) in [6.07, 6.45) is 0. The fraction of sp³-hybridized carbons (Fsp3) is 0.273. The van der Waals surface area contributed by atoms with Crippen molar-refractivity contribution in [1.82, 2.24) is 10.4 Å². The van der Waals surface area contributed by atoms with E-state index >= 15 is 0 Å². The number of benzene rings is 1. The topological polar surface area (TPSA) is 102 Å². The number of nitro benzene ring substituents is 1. The summed E-state index contributed by atoms with van der Waals surface area (Å²) in [7, 11) is 2.72. The van der Waals surface area contributed by atoms with Gasteiger partial charge < -0.3 is 5.32 Å². The molecule has 0 fully saturated rings. The lowest BCUT2D eigenvalue weighted by atomic mass is 10.2. The molecule has 19 heavy (non-hydrogen) atoms. The number of hydroxylamine groups is 2. The molecule has 0 aliphatic rings. The Morgan fingerprint density at radius 2 is 2.16 bits per heavy atom. The molecule has 0 aliphatic carbocycles. The molecule has 8 nitrogen and oxygen atoms in total. The minimum Gasteiger partial charge on any atom is -0.343 e. The van der Waals surface area contributed by atoms with Crippen molar-refractivity contribution in [3.8, 4) is 0 Å². The lowest BCUT2D eigenvalue weighted by Crippen LogP contribution is -2.37. The Labute approximate surface area is 109 Å². The van der Waals surface area contributed by atoms with Crippen LogP contribution in [0, 0.1) is 10.1 Å². The van der Waals surface area contributed by atoms with E-state index in [1.807, 2.05) is 0 Å². The van der Waals surface area contributed by atoms with E-state index in [1.54, 1.807) is 0 Å². The third-order valence-electron chi connectivity index (χ3n) is 2.34. The van der Waals surface area contributed by atoms with Crippen LogP contribution in [0.2, 0.25) is 0 Å². The number of rotatable bonds is 5. The normalized spacial score (nSPS) is 9.79. The number of likely N-dealkylation sites (N-methyl/N-ethyl adjacent to an activating group) is 1. The Morgan fingerprint density at radius 3 is 2.74 bits per heavy atom. The maximum absolute atomic E-state index is 11.7. The van der Waals surface area contributed by atoms with E-state index in [0.29, 0.717) is 0 Å². The summed E-state index contributed by atoms with van der Waals surface area (Å²) in [4.78, 5) is 37.7. The fourth-order valence-electron chi connectivity index (χ4n) is 1.23. The molecule has 0 aromatic heterocycles. The van der Waals surface area contributed by atoms with Crippen LogP contribution in [-0.4, -0.2) is 42.5 Å². The number of non-ortho nitro benzene ring substituents is 1. The Bertz CT molecular complexity index is 503. The highest BCUT2D eigenvalue weighted by Crippen LogP contribution is 2.12. The zero-order valence-electron chi connectivity index (χ0n) is 10.5. The second-order valence-corrected chi connectivity index (χ2v) is 3.56. The van der Waals surface area contributed by atoms with Crippen molar-refractivity contribution < 1.29 is 19.3 Å². The van der Waals surface area contributed by atoms with Crippen LogP contribution in [0.4, 0.5) is 5.69 Å². The third-order valence-corrected chi connectivity index (χ3v) is 2.34. The summed E-state index contributed by atoms with van der Waals surface area (Å²) < 4.78 is 0. The molecule has 0 spiro atoms. The molecular weight excluding hydrogens is 254 g/mol. The van der Waals surface area contributed by atoms with Crippen molar-refractivity contribution >= 4 is 17.5 Å². The maximum Gasteiger partial charge on any atom is 0.270 e. The second-order valence-electron chi connectivity index (χ2n) is 3.56. The van der Waals surface area contributed by atoms with Crippen LogP contribution in [0.25, 0.3) is 0 Å². The van der Waals surface area contributed by atoms with Gasteiger partial charge in [0.1, 0.15) is 0 Å². The predicted molar refractivity (Wildman–Crippen MR) is 65.2 cm³/mol. The summed E-state index contributed by atoms with van der Waals surface area (Å²) in [5.41, 5.74) is -0.0740. The smallest absolute Gasteiger partial charge is 0.270 e. The standard InChI is InChI=1S/C11H13N3O5/c1-13(19-2)10(15)7-12-11(16)8-4-3-5-9(6-8)14(17)18/h3-6H,7H2,1-2H3,(H,12,16). The van der Waals surface area contributed by atoms with Gasteiger partial charge >= 0.3 is 0 Å². The molecule has 0 saturated carbocycles. The molecule has 0 heterocycles. The van der Waals surface area contributed by atoms with Crippen LogP contribution in [-0.2, 0) is 9.63 Å². The highest BCUT2D eigenvalue weighted by Gasteiger charge is 2.13. The molecule has 0 radical (unpaired) electrons. The summed E-state index contributed by atoms with van der Waals surface area (Å²) >= 11 is 0. The first-order valence-electron chi connectivity index (χ1n) is 5.29. The first-order valence-corrected chi connectivity index (χ1v) is 5.29. The molecule has 0 aliphatic heterocycles. The quantitative estimate of drug-likeness (QED) is 0.612. The molecule has 1 N–H and O–H groups in total. The number of carbonyl (C=O) groups excluding carboxylic acids is 2. The molecule has 1 aromatic rings. The van der Waals surface area contributed by atoms with E-state index in [0.717, 1.165) is 11.1 Å². The first-order chi connectivity index (χ1) is 8.95. The lowest BCUT2D eigenvalue weighted by Gasteiger charge is -2.13. The van der Waals surface area contributed by atoms with Crippen molar-refractivity contribution in [2.45, 2.75) is 0 Å². The number of amides is 2. The third kappa shape index (κ3) is 4.03. The van der Waals surface area contributed by atoms with Gasteiger partial charge in [-0.2, -0.15) is 0 Å². The molecule has 8 heteroatoms. The average molecular weight is 267 g/mol. The van der Waals surface area contributed by atoms with Crippen LogP contribution in [0.1, 0.15) is 10.4 Å². The van der Waals surface area contributed by atoms with Gasteiger partial charge in [-0.1, -0.05) is 6.07 Å². The Kier molecular flexibility index (Phi) is 4.95. The molecule has 2 amide bonds. The van der Waals surface area contributed by atoms with Gasteiger partial charge in [-0.15, -0.1) is 0 Å². The summed E-state index contributed by atoms with van der Waals surface area (Å²) in [5.74, 6) is -1.01. The van der Waals surface area contributed by atoms with Crippen LogP contribution in [0.3, 0.4) is 0 Å². The number of hydrogen-bond donors (Lipinski definition) is 1. The summed E-state index contributed by atoms with van der Waals surface area (Å²) in [6.45, 7) is -0.258. The van der Waals surface area contributed by atoms with Gasteiger partial charge in [0.05, 0.1) is 18.6 Å². The zero-order valence-corrected chi connectivity index (χ0v) is 10.5. The molecule has 1 aromatic carbocycles. The lowest BCUT2D eigenvalue weighted by molar-refractivity contribution is -0.384. The number of nitro groups is 1. The maximum atomic E-state index is 11.7. The molecular formula is C11H13N3O5. The predicted octanol–water partition coefficient (Wildman–Crippen LogP) is 0.344. The molecule has 0 bridgehead atoms. The van der Waals surface area contributed by atoms with E-state index in [2.05, 4.69) is 10.2 Å².